The zero-order valence-corrected chi connectivity index (χ0v) is 14.0. The van der Waals surface area contributed by atoms with Gasteiger partial charge in [-0.2, -0.15) is 0 Å². The van der Waals surface area contributed by atoms with E-state index in [2.05, 4.69) is 35.1 Å². The van der Waals surface area contributed by atoms with Gasteiger partial charge >= 0.3 is 0 Å². The van der Waals surface area contributed by atoms with Crippen LogP contribution in [-0.2, 0) is 6.54 Å². The van der Waals surface area contributed by atoms with E-state index in [-0.39, 0.29) is 6.61 Å². The Hall–Kier alpha value is -0.780. The highest BCUT2D eigenvalue weighted by atomic mass is 79.9. The van der Waals surface area contributed by atoms with E-state index in [0.717, 1.165) is 40.9 Å². The molecule has 1 aromatic rings. The highest BCUT2D eigenvalue weighted by Crippen LogP contribution is 2.36. The zero-order chi connectivity index (χ0) is 15.0. The summed E-state index contributed by atoms with van der Waals surface area (Å²) in [5, 5.41) is 12.1. The smallest absolute Gasteiger partial charge is 0.175 e. The first-order valence-corrected chi connectivity index (χ1v) is 7.71. The van der Waals surface area contributed by atoms with Gasteiger partial charge in [0.25, 0.3) is 0 Å². The SMILES string of the molecule is COc1cc(CNC(C)C)cc(Br)c1OCCCCO. The van der Waals surface area contributed by atoms with Gasteiger partial charge in [0.2, 0.25) is 0 Å². The lowest BCUT2D eigenvalue weighted by Crippen LogP contribution is -2.21. The molecule has 0 aromatic heterocycles. The lowest BCUT2D eigenvalue weighted by atomic mass is 10.2. The fourth-order valence-corrected chi connectivity index (χ4v) is 2.33. The Morgan fingerprint density at radius 3 is 2.65 bits per heavy atom. The number of rotatable bonds is 9. The molecule has 0 aliphatic carbocycles. The Labute approximate surface area is 129 Å². The van der Waals surface area contributed by atoms with Gasteiger partial charge in [0.15, 0.2) is 11.5 Å². The van der Waals surface area contributed by atoms with E-state index < -0.39 is 0 Å². The van der Waals surface area contributed by atoms with Crippen molar-refractivity contribution in [1.82, 2.24) is 5.32 Å². The summed E-state index contributed by atoms with van der Waals surface area (Å²) in [6, 6.07) is 4.47. The largest absolute Gasteiger partial charge is 0.493 e. The number of halogens is 1. The van der Waals surface area contributed by atoms with E-state index >= 15 is 0 Å². The molecule has 0 saturated heterocycles. The molecule has 0 aliphatic rings. The summed E-state index contributed by atoms with van der Waals surface area (Å²) in [4.78, 5) is 0. The molecule has 2 N–H and O–H groups in total. The molecule has 5 heteroatoms. The summed E-state index contributed by atoms with van der Waals surface area (Å²) < 4.78 is 12.0. The van der Waals surface area contributed by atoms with Crippen LogP contribution in [-0.4, -0.2) is 31.5 Å². The maximum absolute atomic E-state index is 8.76. The van der Waals surface area contributed by atoms with Crippen molar-refractivity contribution in [2.45, 2.75) is 39.3 Å². The minimum Gasteiger partial charge on any atom is -0.493 e. The van der Waals surface area contributed by atoms with Crippen molar-refractivity contribution >= 4 is 15.9 Å². The van der Waals surface area contributed by atoms with Crippen molar-refractivity contribution in [3.63, 3.8) is 0 Å². The molecular weight excluding hydrogens is 322 g/mol. The number of unbranched alkanes of at least 4 members (excludes halogenated alkanes) is 1. The highest BCUT2D eigenvalue weighted by Gasteiger charge is 2.11. The van der Waals surface area contributed by atoms with Crippen LogP contribution in [0, 0.1) is 0 Å². The quantitative estimate of drug-likeness (QED) is 0.675. The molecule has 0 fully saturated rings. The molecule has 1 rings (SSSR count). The lowest BCUT2D eigenvalue weighted by molar-refractivity contribution is 0.246. The summed E-state index contributed by atoms with van der Waals surface area (Å²) in [7, 11) is 1.64. The molecule has 4 nitrogen and oxygen atoms in total. The standard InChI is InChI=1S/C15H24BrNO3/c1-11(2)17-10-12-8-13(16)15(14(9-12)19-3)20-7-5-4-6-18/h8-9,11,17-18H,4-7,10H2,1-3H3. The predicted molar refractivity (Wildman–Crippen MR) is 84.5 cm³/mol. The summed E-state index contributed by atoms with van der Waals surface area (Å²) in [6.07, 6.45) is 1.57. The number of aliphatic hydroxyl groups excluding tert-OH is 1. The van der Waals surface area contributed by atoms with E-state index in [0.29, 0.717) is 12.6 Å². The van der Waals surface area contributed by atoms with Gasteiger partial charge in [-0.1, -0.05) is 13.8 Å². The summed E-state index contributed by atoms with van der Waals surface area (Å²) in [6.45, 7) is 5.79. The molecular formula is C15H24BrNO3. The Morgan fingerprint density at radius 2 is 2.05 bits per heavy atom. The van der Waals surface area contributed by atoms with Crippen LogP contribution in [0.25, 0.3) is 0 Å². The second-order valence-corrected chi connectivity index (χ2v) is 5.78. The van der Waals surface area contributed by atoms with Gasteiger partial charge in [-0.3, -0.25) is 0 Å². The van der Waals surface area contributed by atoms with E-state index in [1.165, 1.54) is 0 Å². The maximum Gasteiger partial charge on any atom is 0.175 e. The van der Waals surface area contributed by atoms with Gasteiger partial charge in [-0.05, 0) is 46.5 Å². The predicted octanol–water partition coefficient (Wildman–Crippen LogP) is 3.11. The molecule has 0 unspecified atom stereocenters. The van der Waals surface area contributed by atoms with Crippen molar-refractivity contribution < 1.29 is 14.6 Å². The average molecular weight is 346 g/mol. The first-order valence-electron chi connectivity index (χ1n) is 6.92. The first-order chi connectivity index (χ1) is 9.58. The van der Waals surface area contributed by atoms with Gasteiger partial charge in [-0.15, -0.1) is 0 Å². The highest BCUT2D eigenvalue weighted by molar-refractivity contribution is 9.10. The van der Waals surface area contributed by atoms with Gasteiger partial charge < -0.3 is 19.9 Å². The third-order valence-electron chi connectivity index (χ3n) is 2.80. The number of nitrogens with one attached hydrogen (secondary N) is 1. The first kappa shape index (κ1) is 17.3. The van der Waals surface area contributed by atoms with Crippen molar-refractivity contribution in [2.24, 2.45) is 0 Å². The topological polar surface area (TPSA) is 50.7 Å². The van der Waals surface area contributed by atoms with Crippen molar-refractivity contribution in [2.75, 3.05) is 20.3 Å². The minimum absolute atomic E-state index is 0.196. The fourth-order valence-electron chi connectivity index (χ4n) is 1.73. The number of ether oxygens (including phenoxy) is 2. The fraction of sp³-hybridized carbons (Fsp3) is 0.600. The second kappa shape index (κ2) is 9.21. The van der Waals surface area contributed by atoms with Crippen LogP contribution >= 0.6 is 15.9 Å². The molecule has 0 saturated carbocycles. The summed E-state index contributed by atoms with van der Waals surface area (Å²) >= 11 is 3.53. The molecule has 0 aliphatic heterocycles. The molecule has 0 radical (unpaired) electrons. The molecule has 0 spiro atoms. The maximum atomic E-state index is 8.76. The van der Waals surface area contributed by atoms with Crippen molar-refractivity contribution in [3.05, 3.63) is 22.2 Å². The number of aliphatic hydroxyl groups is 1. The van der Waals surface area contributed by atoms with Gasteiger partial charge in [-0.25, -0.2) is 0 Å². The van der Waals surface area contributed by atoms with Crippen LogP contribution in [0.15, 0.2) is 16.6 Å². The lowest BCUT2D eigenvalue weighted by Gasteiger charge is -2.15. The van der Waals surface area contributed by atoms with Crippen LogP contribution in [0.2, 0.25) is 0 Å². The molecule has 0 heterocycles. The van der Waals surface area contributed by atoms with E-state index in [9.17, 15) is 0 Å². The number of benzene rings is 1. The average Bonchev–Trinajstić information content (AvgIpc) is 2.42. The minimum atomic E-state index is 0.196. The van der Waals surface area contributed by atoms with E-state index in [1.54, 1.807) is 7.11 Å². The zero-order valence-electron chi connectivity index (χ0n) is 12.4. The third kappa shape index (κ3) is 5.69. The number of hydrogen-bond donors (Lipinski definition) is 2. The van der Waals surface area contributed by atoms with Crippen molar-refractivity contribution in [1.29, 1.82) is 0 Å². The van der Waals surface area contributed by atoms with Crippen LogP contribution < -0.4 is 14.8 Å². The van der Waals surface area contributed by atoms with Crippen molar-refractivity contribution in [3.8, 4) is 11.5 Å². The Balaban J connectivity index is 2.74. The summed E-state index contributed by atoms with van der Waals surface area (Å²) in [5.74, 6) is 1.45. The van der Waals surface area contributed by atoms with Gasteiger partial charge in [0.1, 0.15) is 0 Å². The van der Waals surface area contributed by atoms with E-state index in [4.69, 9.17) is 14.6 Å². The van der Waals surface area contributed by atoms with Gasteiger partial charge in [0, 0.05) is 19.2 Å². The molecule has 114 valence electrons. The molecule has 1 aromatic carbocycles. The van der Waals surface area contributed by atoms with Crippen LogP contribution in [0.4, 0.5) is 0 Å². The van der Waals surface area contributed by atoms with Crippen LogP contribution in [0.5, 0.6) is 11.5 Å². The Morgan fingerprint density at radius 1 is 1.30 bits per heavy atom. The third-order valence-corrected chi connectivity index (χ3v) is 3.39. The molecule has 0 bridgehead atoms. The Kier molecular flexibility index (Phi) is 7.95. The molecule has 0 atom stereocenters. The van der Waals surface area contributed by atoms with Crippen LogP contribution in [0.3, 0.4) is 0 Å². The molecule has 20 heavy (non-hydrogen) atoms. The number of hydrogen-bond acceptors (Lipinski definition) is 4. The summed E-state index contributed by atoms with van der Waals surface area (Å²) in [5.41, 5.74) is 1.14. The van der Waals surface area contributed by atoms with Crippen LogP contribution in [0.1, 0.15) is 32.3 Å². The number of methoxy groups -OCH3 is 1. The second-order valence-electron chi connectivity index (χ2n) is 4.92. The monoisotopic (exact) mass is 345 g/mol. The normalized spacial score (nSPS) is 10.9. The van der Waals surface area contributed by atoms with E-state index in [1.807, 2.05) is 12.1 Å². The van der Waals surface area contributed by atoms with Gasteiger partial charge in [0.05, 0.1) is 18.2 Å². The molecule has 0 amide bonds. The Bertz CT molecular complexity index is 410.